The lowest BCUT2D eigenvalue weighted by molar-refractivity contribution is 0.0996. The van der Waals surface area contributed by atoms with E-state index in [1.54, 1.807) is 6.07 Å². The number of aryl methyl sites for hydroxylation is 1. The number of hydrogen-bond acceptors (Lipinski definition) is 6. The van der Waals surface area contributed by atoms with Gasteiger partial charge >= 0.3 is 0 Å². The number of nitrogen functional groups attached to an aromatic ring is 1. The highest BCUT2D eigenvalue weighted by Gasteiger charge is 2.15. The zero-order valence-electron chi connectivity index (χ0n) is 9.98. The smallest absolute Gasteiger partial charge is 0.271 e. The van der Waals surface area contributed by atoms with Crippen LogP contribution in [-0.2, 0) is 0 Å². The fourth-order valence-corrected chi connectivity index (χ4v) is 1.77. The van der Waals surface area contributed by atoms with Crippen LogP contribution in [0.3, 0.4) is 0 Å². The van der Waals surface area contributed by atoms with Gasteiger partial charge in [-0.25, -0.2) is 9.67 Å². The summed E-state index contributed by atoms with van der Waals surface area (Å²) in [6, 6.07) is 1.75. The third-order valence-corrected chi connectivity index (χ3v) is 2.57. The summed E-state index contributed by atoms with van der Waals surface area (Å²) in [5, 5.41) is 8.10. The fraction of sp³-hybridized carbons (Fsp3) is 0.100. The van der Waals surface area contributed by atoms with E-state index in [0.717, 1.165) is 5.69 Å². The summed E-state index contributed by atoms with van der Waals surface area (Å²) in [5.74, 6) is 0.320. The molecule has 19 heavy (non-hydrogen) atoms. The number of amides is 1. The largest absolute Gasteiger partial charge is 0.396 e. The van der Waals surface area contributed by atoms with Gasteiger partial charge in [0.1, 0.15) is 6.33 Å². The Bertz CT molecular complexity index is 786. The minimum absolute atomic E-state index is 0.0164. The van der Waals surface area contributed by atoms with Gasteiger partial charge in [0.2, 0.25) is 0 Å². The van der Waals surface area contributed by atoms with Gasteiger partial charge in [0.05, 0.1) is 11.9 Å². The Labute approximate surface area is 106 Å². The van der Waals surface area contributed by atoms with Crippen molar-refractivity contribution in [2.75, 3.05) is 5.73 Å². The van der Waals surface area contributed by atoms with Crippen molar-refractivity contribution in [1.82, 2.24) is 29.4 Å². The van der Waals surface area contributed by atoms with Crippen molar-refractivity contribution >= 4 is 17.4 Å². The van der Waals surface area contributed by atoms with Crippen molar-refractivity contribution in [2.24, 2.45) is 5.73 Å². The minimum Gasteiger partial charge on any atom is -0.396 e. The highest BCUT2D eigenvalue weighted by Crippen LogP contribution is 2.14. The SMILES string of the molecule is Cc1cc(-n2cc(N)c(C(N)=O)n2)n2ncnc2n1. The Morgan fingerprint density at radius 1 is 1.42 bits per heavy atom. The highest BCUT2D eigenvalue weighted by molar-refractivity contribution is 5.95. The van der Waals surface area contributed by atoms with Gasteiger partial charge in [0, 0.05) is 11.8 Å². The van der Waals surface area contributed by atoms with Crippen LogP contribution in [0.2, 0.25) is 0 Å². The topological polar surface area (TPSA) is 130 Å². The zero-order valence-corrected chi connectivity index (χ0v) is 9.98. The van der Waals surface area contributed by atoms with Crippen molar-refractivity contribution in [3.05, 3.63) is 30.0 Å². The average Bonchev–Trinajstić information content (AvgIpc) is 2.93. The molecule has 0 atom stereocenters. The van der Waals surface area contributed by atoms with E-state index < -0.39 is 5.91 Å². The molecule has 9 nitrogen and oxygen atoms in total. The third-order valence-electron chi connectivity index (χ3n) is 2.57. The number of hydrogen-bond donors (Lipinski definition) is 2. The monoisotopic (exact) mass is 258 g/mol. The van der Waals surface area contributed by atoms with Gasteiger partial charge in [-0.05, 0) is 6.92 Å². The molecule has 1 amide bonds. The van der Waals surface area contributed by atoms with Crippen LogP contribution in [0, 0.1) is 6.92 Å². The normalized spacial score (nSPS) is 11.0. The van der Waals surface area contributed by atoms with Gasteiger partial charge < -0.3 is 11.5 Å². The summed E-state index contributed by atoms with van der Waals surface area (Å²) in [5.41, 5.74) is 11.8. The summed E-state index contributed by atoms with van der Waals surface area (Å²) in [7, 11) is 0. The summed E-state index contributed by atoms with van der Waals surface area (Å²) in [6.45, 7) is 1.82. The molecule has 0 unspecified atom stereocenters. The molecule has 0 spiro atoms. The van der Waals surface area contributed by atoms with E-state index >= 15 is 0 Å². The lowest BCUT2D eigenvalue weighted by Gasteiger charge is -2.04. The first-order chi connectivity index (χ1) is 9.06. The lowest BCUT2D eigenvalue weighted by atomic mass is 10.4. The van der Waals surface area contributed by atoms with E-state index in [9.17, 15) is 4.79 Å². The summed E-state index contributed by atoms with van der Waals surface area (Å²) >= 11 is 0. The zero-order chi connectivity index (χ0) is 13.6. The van der Waals surface area contributed by atoms with Crippen molar-refractivity contribution < 1.29 is 4.79 Å². The Balaban J connectivity index is 2.26. The van der Waals surface area contributed by atoms with Gasteiger partial charge in [-0.3, -0.25) is 4.79 Å². The lowest BCUT2D eigenvalue weighted by Crippen LogP contribution is -2.14. The number of nitrogens with zero attached hydrogens (tertiary/aromatic N) is 6. The number of primary amides is 1. The van der Waals surface area contributed by atoms with Crippen LogP contribution in [0.25, 0.3) is 11.6 Å². The van der Waals surface area contributed by atoms with E-state index in [0.29, 0.717) is 11.6 Å². The van der Waals surface area contributed by atoms with Crippen LogP contribution in [0.1, 0.15) is 16.2 Å². The second kappa shape index (κ2) is 3.77. The van der Waals surface area contributed by atoms with E-state index in [2.05, 4.69) is 20.2 Å². The van der Waals surface area contributed by atoms with Gasteiger partial charge in [0.15, 0.2) is 11.5 Å². The highest BCUT2D eigenvalue weighted by atomic mass is 16.1. The van der Waals surface area contributed by atoms with Crippen LogP contribution in [0.15, 0.2) is 18.6 Å². The van der Waals surface area contributed by atoms with Crippen molar-refractivity contribution in [3.63, 3.8) is 0 Å². The molecule has 0 bridgehead atoms. The van der Waals surface area contributed by atoms with Crippen LogP contribution in [0.5, 0.6) is 0 Å². The molecule has 0 aliphatic carbocycles. The molecule has 0 aliphatic rings. The molecule has 4 N–H and O–H groups in total. The maximum Gasteiger partial charge on any atom is 0.271 e. The molecule has 3 rings (SSSR count). The molecule has 3 aromatic heterocycles. The second-order valence-corrected chi connectivity index (χ2v) is 3.97. The van der Waals surface area contributed by atoms with Crippen LogP contribution in [0.4, 0.5) is 5.69 Å². The first-order valence-corrected chi connectivity index (χ1v) is 5.39. The quantitative estimate of drug-likeness (QED) is 0.625. The van der Waals surface area contributed by atoms with Gasteiger partial charge in [-0.1, -0.05) is 0 Å². The molecule has 0 saturated heterocycles. The maximum atomic E-state index is 11.2. The molecular weight excluding hydrogens is 248 g/mol. The molecule has 9 heteroatoms. The van der Waals surface area contributed by atoms with Crippen LogP contribution < -0.4 is 11.5 Å². The fourth-order valence-electron chi connectivity index (χ4n) is 1.77. The Kier molecular flexibility index (Phi) is 2.21. The van der Waals surface area contributed by atoms with Gasteiger partial charge in [0.25, 0.3) is 11.7 Å². The van der Waals surface area contributed by atoms with Gasteiger partial charge in [-0.15, -0.1) is 0 Å². The molecule has 3 aromatic rings. The molecule has 0 aliphatic heterocycles. The van der Waals surface area contributed by atoms with Crippen molar-refractivity contribution in [1.29, 1.82) is 0 Å². The summed E-state index contributed by atoms with van der Waals surface area (Å²) < 4.78 is 2.91. The van der Waals surface area contributed by atoms with Crippen LogP contribution >= 0.6 is 0 Å². The van der Waals surface area contributed by atoms with Crippen LogP contribution in [-0.4, -0.2) is 35.3 Å². The number of nitrogens with two attached hydrogens (primary N) is 2. The average molecular weight is 258 g/mol. The Hall–Kier alpha value is -2.97. The predicted molar refractivity (Wildman–Crippen MR) is 65.6 cm³/mol. The number of carbonyl (C=O) groups is 1. The number of aromatic nitrogens is 6. The number of carbonyl (C=O) groups excluding carboxylic acids is 1. The van der Waals surface area contributed by atoms with Gasteiger partial charge in [-0.2, -0.15) is 19.7 Å². The van der Waals surface area contributed by atoms with Crippen molar-refractivity contribution in [3.8, 4) is 5.82 Å². The first-order valence-electron chi connectivity index (χ1n) is 5.39. The first kappa shape index (κ1) is 11.1. The molecule has 0 aromatic carbocycles. The molecule has 96 valence electrons. The molecule has 0 saturated carbocycles. The summed E-state index contributed by atoms with van der Waals surface area (Å²) in [6.07, 6.45) is 2.88. The molecule has 3 heterocycles. The number of fused-ring (bicyclic) bond motifs is 1. The van der Waals surface area contributed by atoms with E-state index in [1.165, 1.54) is 21.7 Å². The van der Waals surface area contributed by atoms with E-state index in [4.69, 9.17) is 11.5 Å². The second-order valence-electron chi connectivity index (χ2n) is 3.97. The third kappa shape index (κ3) is 1.68. The van der Waals surface area contributed by atoms with E-state index in [-0.39, 0.29) is 11.4 Å². The van der Waals surface area contributed by atoms with Crippen molar-refractivity contribution in [2.45, 2.75) is 6.92 Å². The summed E-state index contributed by atoms with van der Waals surface area (Å²) in [4.78, 5) is 19.4. The predicted octanol–water partition coefficient (Wildman–Crippen LogP) is -0.700. The Morgan fingerprint density at radius 3 is 2.89 bits per heavy atom. The molecule has 0 radical (unpaired) electrons. The Morgan fingerprint density at radius 2 is 2.21 bits per heavy atom. The molecular formula is C10H10N8O. The molecule has 0 fully saturated rings. The number of anilines is 1. The number of rotatable bonds is 2. The van der Waals surface area contributed by atoms with E-state index in [1.807, 2.05) is 6.92 Å². The maximum absolute atomic E-state index is 11.2. The minimum atomic E-state index is -0.683. The standard InChI is InChI=1S/C10H10N8O/c1-5-2-7(18-10(15-5)13-4-14-18)17-3-6(11)8(16-17)9(12)19/h2-4H,11H2,1H3,(H2,12,19).